The van der Waals surface area contributed by atoms with Gasteiger partial charge >= 0.3 is 0 Å². The zero-order valence-corrected chi connectivity index (χ0v) is 10.6. The van der Waals surface area contributed by atoms with Crippen molar-refractivity contribution >= 4 is 5.91 Å². The van der Waals surface area contributed by atoms with Crippen molar-refractivity contribution in [3.05, 3.63) is 35.1 Å². The highest BCUT2D eigenvalue weighted by Gasteiger charge is 2.24. The van der Waals surface area contributed by atoms with Crippen molar-refractivity contribution in [2.75, 3.05) is 6.54 Å². The van der Waals surface area contributed by atoms with Crippen LogP contribution in [0.2, 0.25) is 0 Å². The molecule has 1 fully saturated rings. The van der Waals surface area contributed by atoms with Gasteiger partial charge in [-0.1, -0.05) is 12.5 Å². The summed E-state index contributed by atoms with van der Waals surface area (Å²) in [6.45, 7) is 2.25. The Kier molecular flexibility index (Phi) is 3.97. The van der Waals surface area contributed by atoms with Gasteiger partial charge in [-0.2, -0.15) is 0 Å². The van der Waals surface area contributed by atoms with Crippen molar-refractivity contribution in [2.45, 2.75) is 32.2 Å². The van der Waals surface area contributed by atoms with Crippen LogP contribution in [0.25, 0.3) is 0 Å². The molecule has 2 atom stereocenters. The smallest absolute Gasteiger partial charge is 0.251 e. The molecule has 2 unspecified atom stereocenters. The highest BCUT2D eigenvalue weighted by molar-refractivity contribution is 5.94. The first-order chi connectivity index (χ1) is 8.58. The summed E-state index contributed by atoms with van der Waals surface area (Å²) < 4.78 is 13.3. The number of hydrogen-bond acceptors (Lipinski definition) is 2. The summed E-state index contributed by atoms with van der Waals surface area (Å²) in [5.41, 5.74) is 6.85. The van der Waals surface area contributed by atoms with Crippen molar-refractivity contribution in [3.8, 4) is 0 Å². The third-order valence-electron chi connectivity index (χ3n) is 3.68. The largest absolute Gasteiger partial charge is 0.352 e. The molecule has 1 saturated carbocycles. The topological polar surface area (TPSA) is 55.1 Å². The summed E-state index contributed by atoms with van der Waals surface area (Å²) in [5, 5.41) is 2.83. The number of rotatable bonds is 3. The van der Waals surface area contributed by atoms with E-state index in [0.717, 1.165) is 19.3 Å². The van der Waals surface area contributed by atoms with Crippen LogP contribution in [0.4, 0.5) is 4.39 Å². The molecule has 18 heavy (non-hydrogen) atoms. The fourth-order valence-electron chi connectivity index (χ4n) is 2.38. The van der Waals surface area contributed by atoms with Gasteiger partial charge in [0.05, 0.1) is 0 Å². The van der Waals surface area contributed by atoms with Gasteiger partial charge < -0.3 is 11.1 Å². The van der Waals surface area contributed by atoms with Crippen molar-refractivity contribution in [3.63, 3.8) is 0 Å². The number of carbonyl (C=O) groups excluding carboxylic acids is 1. The average Bonchev–Trinajstić information content (AvgIpc) is 2.75. The molecule has 4 heteroatoms. The van der Waals surface area contributed by atoms with Crippen LogP contribution in [0.3, 0.4) is 0 Å². The molecule has 0 aliphatic heterocycles. The lowest BCUT2D eigenvalue weighted by Crippen LogP contribution is -2.36. The van der Waals surface area contributed by atoms with Crippen LogP contribution in [-0.4, -0.2) is 18.5 Å². The number of nitrogens with two attached hydrogens (primary N) is 1. The van der Waals surface area contributed by atoms with Crippen LogP contribution in [0.15, 0.2) is 18.2 Å². The second-order valence-corrected chi connectivity index (χ2v) is 5.03. The Bertz CT molecular complexity index is 447. The first-order valence-electron chi connectivity index (χ1n) is 6.38. The van der Waals surface area contributed by atoms with Gasteiger partial charge in [-0.25, -0.2) is 4.39 Å². The summed E-state index contributed by atoms with van der Waals surface area (Å²) in [4.78, 5) is 11.9. The molecule has 0 spiro atoms. The van der Waals surface area contributed by atoms with Gasteiger partial charge in [0.2, 0.25) is 0 Å². The van der Waals surface area contributed by atoms with E-state index in [1.54, 1.807) is 19.1 Å². The molecule has 3 nitrogen and oxygen atoms in total. The van der Waals surface area contributed by atoms with E-state index in [1.807, 2.05) is 0 Å². The van der Waals surface area contributed by atoms with E-state index in [-0.39, 0.29) is 17.8 Å². The Morgan fingerprint density at radius 1 is 1.50 bits per heavy atom. The molecule has 0 radical (unpaired) electrons. The third-order valence-corrected chi connectivity index (χ3v) is 3.68. The third kappa shape index (κ3) is 2.88. The molecule has 0 saturated heterocycles. The van der Waals surface area contributed by atoms with Crippen LogP contribution < -0.4 is 11.1 Å². The zero-order valence-electron chi connectivity index (χ0n) is 10.6. The molecule has 1 aliphatic carbocycles. The van der Waals surface area contributed by atoms with Gasteiger partial charge in [0.25, 0.3) is 5.91 Å². The maximum Gasteiger partial charge on any atom is 0.251 e. The number of amides is 1. The Hall–Kier alpha value is -1.42. The predicted molar refractivity (Wildman–Crippen MR) is 68.8 cm³/mol. The van der Waals surface area contributed by atoms with Crippen molar-refractivity contribution in [1.82, 2.24) is 5.32 Å². The minimum atomic E-state index is -0.347. The predicted octanol–water partition coefficient (Wildman–Crippen LogP) is 1.99. The maximum atomic E-state index is 13.3. The molecule has 1 aromatic carbocycles. The Balaban J connectivity index is 1.93. The summed E-state index contributed by atoms with van der Waals surface area (Å²) >= 11 is 0. The highest BCUT2D eigenvalue weighted by Crippen LogP contribution is 2.23. The first-order valence-corrected chi connectivity index (χ1v) is 6.38. The van der Waals surface area contributed by atoms with Crippen LogP contribution in [0.1, 0.15) is 35.2 Å². The van der Waals surface area contributed by atoms with Crippen LogP contribution >= 0.6 is 0 Å². The van der Waals surface area contributed by atoms with Crippen molar-refractivity contribution < 1.29 is 9.18 Å². The minimum Gasteiger partial charge on any atom is -0.352 e. The standard InChI is InChI=1S/C14H19FN2O/c1-9-5-6-10(7-12(9)15)14(18)17-8-11-3-2-4-13(11)16/h5-7,11,13H,2-4,8,16H2,1H3,(H,17,18). The normalized spacial score (nSPS) is 23.1. The fraction of sp³-hybridized carbons (Fsp3) is 0.500. The Morgan fingerprint density at radius 3 is 2.89 bits per heavy atom. The molecule has 98 valence electrons. The molecule has 3 N–H and O–H groups in total. The highest BCUT2D eigenvalue weighted by atomic mass is 19.1. The molecule has 2 rings (SSSR count). The minimum absolute atomic E-state index is 0.181. The second-order valence-electron chi connectivity index (χ2n) is 5.03. The number of nitrogens with one attached hydrogen (secondary N) is 1. The Labute approximate surface area is 107 Å². The lowest BCUT2D eigenvalue weighted by Gasteiger charge is -2.15. The molecule has 1 aromatic rings. The molecule has 1 aliphatic rings. The van der Waals surface area contributed by atoms with E-state index >= 15 is 0 Å². The average molecular weight is 250 g/mol. The summed E-state index contributed by atoms with van der Waals surface area (Å²) in [6, 6.07) is 4.72. The fourth-order valence-corrected chi connectivity index (χ4v) is 2.38. The van der Waals surface area contributed by atoms with E-state index in [9.17, 15) is 9.18 Å². The molecule has 0 bridgehead atoms. The summed E-state index contributed by atoms with van der Waals surface area (Å²) in [6.07, 6.45) is 3.21. The first kappa shape index (κ1) is 13.0. The SMILES string of the molecule is Cc1ccc(C(=O)NCC2CCCC2N)cc1F. The van der Waals surface area contributed by atoms with Gasteiger partial charge in [0.1, 0.15) is 5.82 Å². The number of benzene rings is 1. The maximum absolute atomic E-state index is 13.3. The van der Waals surface area contributed by atoms with Crippen LogP contribution in [-0.2, 0) is 0 Å². The molecule has 1 amide bonds. The van der Waals surface area contributed by atoms with Gasteiger partial charge in [-0.15, -0.1) is 0 Å². The van der Waals surface area contributed by atoms with Gasteiger partial charge in [0.15, 0.2) is 0 Å². The Morgan fingerprint density at radius 2 is 2.28 bits per heavy atom. The van der Waals surface area contributed by atoms with Gasteiger partial charge in [-0.3, -0.25) is 4.79 Å². The monoisotopic (exact) mass is 250 g/mol. The molecule has 0 aromatic heterocycles. The van der Waals surface area contributed by atoms with Gasteiger partial charge in [-0.05, 0) is 43.4 Å². The number of aryl methyl sites for hydroxylation is 1. The van der Waals surface area contributed by atoms with Crippen molar-refractivity contribution in [1.29, 1.82) is 0 Å². The zero-order chi connectivity index (χ0) is 13.1. The quantitative estimate of drug-likeness (QED) is 0.862. The number of carbonyl (C=O) groups is 1. The summed E-state index contributed by atoms with van der Waals surface area (Å²) in [7, 11) is 0. The lowest BCUT2D eigenvalue weighted by molar-refractivity contribution is 0.0946. The number of halogens is 1. The molecular weight excluding hydrogens is 231 g/mol. The van der Waals surface area contributed by atoms with Crippen LogP contribution in [0, 0.1) is 18.7 Å². The molecular formula is C14H19FN2O. The van der Waals surface area contributed by atoms with Crippen LogP contribution in [0.5, 0.6) is 0 Å². The molecule has 0 heterocycles. The summed E-state index contributed by atoms with van der Waals surface area (Å²) in [5.74, 6) is -0.225. The van der Waals surface area contributed by atoms with E-state index < -0.39 is 0 Å². The lowest BCUT2D eigenvalue weighted by atomic mass is 10.0. The second kappa shape index (κ2) is 5.48. The van der Waals surface area contributed by atoms with E-state index in [4.69, 9.17) is 5.73 Å². The van der Waals surface area contributed by atoms with E-state index in [1.165, 1.54) is 6.07 Å². The van der Waals surface area contributed by atoms with Crippen molar-refractivity contribution in [2.24, 2.45) is 11.7 Å². The van der Waals surface area contributed by atoms with Gasteiger partial charge in [0, 0.05) is 18.2 Å². The van der Waals surface area contributed by atoms with E-state index in [0.29, 0.717) is 23.6 Å². The number of hydrogen-bond donors (Lipinski definition) is 2. The van der Waals surface area contributed by atoms with E-state index in [2.05, 4.69) is 5.32 Å².